The second-order valence-electron chi connectivity index (χ2n) is 44.4. The largest absolute Gasteiger partial charge is 0.496 e. The number of carboxylic acids is 1. The van der Waals surface area contributed by atoms with E-state index in [-0.39, 0.29) is 135 Å². The average Bonchev–Trinajstić information content (AvgIpc) is 1.61. The molecule has 40 heteroatoms. The van der Waals surface area contributed by atoms with Gasteiger partial charge < -0.3 is 95.3 Å². The van der Waals surface area contributed by atoms with Crippen LogP contribution in [-0.4, -0.2) is 252 Å². The molecule has 18 rings (SSSR count). The SMILES string of the molecule is COC(=O)[C@H](C[C@@H]1CCCC1=O)NC(=O)C1CC2(CCCCC2)CN1.COC(=O)[C@H](C[C@@H]1CCCC1=O)NC(=O)C1CC2(CCCCC2)CN1C(=O)OC(C)(C)C.COC(=O)[C@H](C[C@@H]1CCCC1=O)NC(=O)C1CC2(CCCCC2)CN1C(=O)c1cc2c(OC)ccc(Cl)c2[nH]1.COc1ccc(Cl)c2[nH]c(C(=O)N3CC4(CCCCC4)CC3C(=O)N[C@@H](C[C@@H]3CCCC3=O)C(N)=O)cc12.COc1ccc(Cl)c2[nH]c(C(=O)O)cc12.Cl. The number of nitrogens with two attached hydrogens (primary N) is 1. The summed E-state index contributed by atoms with van der Waals surface area (Å²) in [5.74, 6) is -3.79. The van der Waals surface area contributed by atoms with Crippen LogP contribution in [0.3, 0.4) is 0 Å². The van der Waals surface area contributed by atoms with Gasteiger partial charge in [0.25, 0.3) is 11.8 Å². The number of aromatic amines is 3. The third-order valence-corrected chi connectivity index (χ3v) is 34.2. The maximum absolute atomic E-state index is 14.0. The van der Waals surface area contributed by atoms with Crippen LogP contribution in [0.25, 0.3) is 32.7 Å². The molecule has 3 aromatic carbocycles. The van der Waals surface area contributed by atoms with Crippen molar-refractivity contribution in [2.24, 2.45) is 51.1 Å². The number of primary amides is 1. The van der Waals surface area contributed by atoms with Gasteiger partial charge in [0, 0.05) is 91.7 Å². The summed E-state index contributed by atoms with van der Waals surface area (Å²) >= 11 is 18.7. The molecule has 150 heavy (non-hydrogen) atoms. The monoisotopic (exact) mass is 2160 g/mol. The number of hydrogen-bond donors (Lipinski definition) is 10. The van der Waals surface area contributed by atoms with Crippen molar-refractivity contribution in [3.8, 4) is 17.2 Å². The van der Waals surface area contributed by atoms with E-state index >= 15 is 0 Å². The van der Waals surface area contributed by atoms with E-state index < -0.39 is 95.6 Å². The number of H-pyrrole nitrogens is 3. The van der Waals surface area contributed by atoms with E-state index in [1.807, 2.05) is 0 Å². The molecule has 6 aromatic rings. The first-order valence-corrected chi connectivity index (χ1v) is 54.3. The van der Waals surface area contributed by atoms with Crippen molar-refractivity contribution in [3.63, 3.8) is 0 Å². The van der Waals surface area contributed by atoms with Gasteiger partial charge in [0.15, 0.2) is 0 Å². The van der Waals surface area contributed by atoms with Crippen molar-refractivity contribution in [1.82, 2.24) is 56.2 Å². The number of halogens is 4. The number of carbonyl (C=O) groups is 16. The van der Waals surface area contributed by atoms with E-state index in [9.17, 15) is 76.7 Å². The third-order valence-electron chi connectivity index (χ3n) is 33.2. The van der Waals surface area contributed by atoms with Gasteiger partial charge in [-0.1, -0.05) is 112 Å². The number of Topliss-reactive ketones (excluding diaryl/α,β-unsaturated/α-hetero) is 4. The number of likely N-dealkylation sites (tertiary alicyclic amines) is 3. The number of benzene rings is 3. The standard InChI is InChI=1S/C29H36ClN3O6.C28H35ClN4O5.C24H38N2O6.C19H30N2O4.C10H8ClNO3.ClH/c1-38-24-10-9-19(30)25-18(24)14-20(31-25)27(36)33-16-29(11-4-3-5-12-29)15-22(33)26(35)32-21(28(37)39-2)13-17-7-6-8-23(17)34;1-38-23-9-8-18(29)24-17(23)13-20(31-24)27(37)33-15-28(10-3-2-4-11-28)14-21(33)26(36)32-19(25(30)35)12-16-6-5-7-22(16)34;1-23(2,3)32-22(30)26-15-24(11-6-5-7-12-24)14-18(26)20(28)25-17(21(29)31-4)13-16-9-8-10-19(16)27;1-25-18(24)14(10-13-6-5-7-16(13)22)21-17(23)15-11-19(12-20-15)8-3-2-4-9-19;1-15-8-3-2-6(11)9-5(8)4-7(12-9)10(13)14;/h9-10,14,17,21-22,31H,3-8,11-13,15-16H2,1-2H3,(H,32,35);8-9,13,16,19,21,31H,2-7,10-12,14-15H2,1H3,(H2,30,35)(H,32,36);16-18H,5-15H2,1-4H3,(H,25,28);13-15,20H,2-12H2,1H3,(H,21,23);2-4,12H,1H3,(H,13,14);1H/t17-,21-,22?;16-,19-,21?;16-,17-,18?;13-,14-,15?;;/m0000../s1. The fourth-order valence-electron chi connectivity index (χ4n) is 25.3. The molecule has 0 bridgehead atoms. The Hall–Kier alpha value is -11.1. The zero-order chi connectivity index (χ0) is 107. The molecular formula is C110H148Cl4N12O24. The van der Waals surface area contributed by atoms with E-state index in [0.717, 1.165) is 141 Å². The van der Waals surface area contributed by atoms with Crippen LogP contribution in [-0.2, 0) is 76.5 Å². The topological polar surface area (TPSA) is 501 Å². The van der Waals surface area contributed by atoms with Crippen molar-refractivity contribution in [2.45, 2.75) is 332 Å². The summed E-state index contributed by atoms with van der Waals surface area (Å²) in [5.41, 5.74) is 7.36. The molecule has 4 spiro atoms. The van der Waals surface area contributed by atoms with E-state index in [1.54, 1.807) is 98.2 Å². The summed E-state index contributed by atoms with van der Waals surface area (Å²) in [4.78, 5) is 217. The zero-order valence-corrected chi connectivity index (χ0v) is 90.6. The fourth-order valence-corrected chi connectivity index (χ4v) is 26.0. The van der Waals surface area contributed by atoms with E-state index in [0.29, 0.717) is 160 Å². The number of carboxylic acid groups (broad SMARTS) is 1. The van der Waals surface area contributed by atoms with Crippen LogP contribution >= 0.6 is 47.2 Å². The van der Waals surface area contributed by atoms with Crippen molar-refractivity contribution in [1.29, 1.82) is 0 Å². The van der Waals surface area contributed by atoms with Crippen LogP contribution in [0, 0.1) is 45.3 Å². The number of methoxy groups -OCH3 is 6. The molecule has 12 atom stereocenters. The summed E-state index contributed by atoms with van der Waals surface area (Å²) in [6, 6.07) is 9.23. The Labute approximate surface area is 895 Å². The quantitative estimate of drug-likeness (QED) is 0.0178. The molecule has 8 saturated carbocycles. The number of rotatable bonds is 26. The first-order valence-electron chi connectivity index (χ1n) is 53.1. The molecule has 4 saturated heterocycles. The van der Waals surface area contributed by atoms with Gasteiger partial charge in [-0.15, -0.1) is 12.4 Å². The molecule has 820 valence electrons. The lowest BCUT2D eigenvalue weighted by Gasteiger charge is -2.33. The Balaban J connectivity index is 0.000000160. The molecule has 8 amide bonds. The number of fused-ring (bicyclic) bond motifs is 3. The Morgan fingerprint density at radius 3 is 1.00 bits per heavy atom. The molecule has 0 radical (unpaired) electrons. The summed E-state index contributed by atoms with van der Waals surface area (Å²) in [7, 11) is 8.51. The molecule has 7 heterocycles. The molecule has 4 aliphatic heterocycles. The number of ketones is 4. The predicted octanol–water partition coefficient (Wildman–Crippen LogP) is 16.2. The summed E-state index contributed by atoms with van der Waals surface area (Å²) < 4.78 is 36.3. The highest BCUT2D eigenvalue weighted by molar-refractivity contribution is 6.36. The highest BCUT2D eigenvalue weighted by Gasteiger charge is 2.55. The Morgan fingerprint density at radius 2 is 0.700 bits per heavy atom. The maximum atomic E-state index is 14.0. The molecular weight excluding hydrogens is 2020 g/mol. The smallest absolute Gasteiger partial charge is 0.410 e. The first-order chi connectivity index (χ1) is 71.1. The van der Waals surface area contributed by atoms with Crippen LogP contribution < -0.4 is 46.5 Å². The number of aromatic nitrogens is 3. The highest BCUT2D eigenvalue weighted by atomic mass is 35.5. The average molecular weight is 2160 g/mol. The van der Waals surface area contributed by atoms with Gasteiger partial charge in [-0.05, 0) is 251 Å². The second-order valence-corrected chi connectivity index (χ2v) is 45.6. The number of carbonyl (C=O) groups excluding carboxylic acids is 15. The predicted molar refractivity (Wildman–Crippen MR) is 563 cm³/mol. The van der Waals surface area contributed by atoms with Crippen molar-refractivity contribution in [3.05, 3.63) is 86.7 Å². The number of aromatic carboxylic acids is 1. The molecule has 3 aromatic heterocycles. The number of nitrogens with one attached hydrogen (secondary N) is 8. The van der Waals surface area contributed by atoms with Gasteiger partial charge in [-0.2, -0.15) is 0 Å². The van der Waals surface area contributed by atoms with Gasteiger partial charge in [0.05, 0.1) is 80.3 Å². The van der Waals surface area contributed by atoms with E-state index in [1.165, 1.54) is 73.0 Å². The van der Waals surface area contributed by atoms with Crippen LogP contribution in [0.5, 0.6) is 17.2 Å². The molecule has 8 aliphatic carbocycles. The van der Waals surface area contributed by atoms with Gasteiger partial charge in [0.1, 0.15) is 105 Å². The van der Waals surface area contributed by atoms with Crippen LogP contribution in [0.2, 0.25) is 15.1 Å². The Kier molecular flexibility index (Phi) is 39.5. The number of esters is 3. The summed E-state index contributed by atoms with van der Waals surface area (Å²) in [6.07, 6.45) is 33.0. The minimum atomic E-state index is -1.02. The lowest BCUT2D eigenvalue weighted by atomic mass is 9.72. The Bertz CT molecular complexity index is 5940. The highest BCUT2D eigenvalue weighted by Crippen LogP contribution is 2.52. The molecule has 12 fully saturated rings. The van der Waals surface area contributed by atoms with Gasteiger partial charge in [-0.25, -0.2) is 24.0 Å². The van der Waals surface area contributed by atoms with Crippen LogP contribution in [0.4, 0.5) is 4.79 Å². The Morgan fingerprint density at radius 1 is 0.407 bits per heavy atom. The lowest BCUT2D eigenvalue weighted by Crippen LogP contribution is -2.53. The summed E-state index contributed by atoms with van der Waals surface area (Å²) in [6.45, 7) is 7.72. The third kappa shape index (κ3) is 27.7. The molecule has 36 nitrogen and oxygen atoms in total. The number of hydrogen-bond acceptors (Lipinski definition) is 24. The number of amides is 8. The normalized spacial score (nSPS) is 23.6. The first kappa shape index (κ1) is 116. The van der Waals surface area contributed by atoms with Crippen molar-refractivity contribution >= 4 is 174 Å². The van der Waals surface area contributed by atoms with Gasteiger partial charge >= 0.3 is 30.0 Å². The second kappa shape index (κ2) is 51.1. The summed E-state index contributed by atoms with van der Waals surface area (Å²) in [5, 5.41) is 26.9. The zero-order valence-electron chi connectivity index (χ0n) is 87.5. The minimum Gasteiger partial charge on any atom is -0.496 e. The molecule has 12 aliphatic rings. The molecule has 11 N–H and O–H groups in total. The van der Waals surface area contributed by atoms with Gasteiger partial charge in [-0.3, -0.25) is 57.6 Å². The maximum Gasteiger partial charge on any atom is 0.410 e. The molecule has 4 unspecified atom stereocenters. The van der Waals surface area contributed by atoms with E-state index in [2.05, 4.69) is 41.5 Å². The van der Waals surface area contributed by atoms with Gasteiger partial charge in [0.2, 0.25) is 29.5 Å². The lowest BCUT2D eigenvalue weighted by molar-refractivity contribution is -0.146. The number of ether oxygens (including phenoxy) is 7. The number of nitrogens with zero attached hydrogens (tertiary/aromatic N) is 3. The van der Waals surface area contributed by atoms with Crippen molar-refractivity contribution in [2.75, 3.05) is 68.8 Å². The van der Waals surface area contributed by atoms with Crippen molar-refractivity contribution < 1.29 is 115 Å². The van der Waals surface area contributed by atoms with Crippen LogP contribution in [0.1, 0.15) is 309 Å². The fraction of sp³-hybridized carbons (Fsp3) is 0.636. The van der Waals surface area contributed by atoms with E-state index in [4.69, 9.17) is 78.8 Å². The van der Waals surface area contributed by atoms with Crippen LogP contribution in [0.15, 0.2) is 54.6 Å². The minimum absolute atomic E-state index is 0.